The van der Waals surface area contributed by atoms with E-state index < -0.39 is 0 Å². The number of nitrogens with one attached hydrogen (secondary N) is 2. The maximum atomic E-state index is 12.4. The van der Waals surface area contributed by atoms with E-state index in [0.717, 1.165) is 44.5 Å². The van der Waals surface area contributed by atoms with Crippen LogP contribution >= 0.6 is 0 Å². The fourth-order valence-corrected chi connectivity index (χ4v) is 4.73. The number of guanidine groups is 1. The Morgan fingerprint density at radius 1 is 1.19 bits per heavy atom. The van der Waals surface area contributed by atoms with Crippen molar-refractivity contribution in [2.75, 3.05) is 46.3 Å². The second kappa shape index (κ2) is 11.0. The van der Waals surface area contributed by atoms with E-state index >= 15 is 0 Å². The quantitative estimate of drug-likeness (QED) is 0.495. The monoisotopic (exact) mass is 427 g/mol. The first-order valence-corrected chi connectivity index (χ1v) is 11.9. The van der Waals surface area contributed by atoms with E-state index in [1.807, 2.05) is 18.0 Å². The summed E-state index contributed by atoms with van der Waals surface area (Å²) >= 11 is 0. The fourth-order valence-electron chi connectivity index (χ4n) is 4.73. The minimum atomic E-state index is 0.0872. The van der Waals surface area contributed by atoms with Crippen LogP contribution < -0.4 is 10.6 Å². The molecule has 1 aromatic carbocycles. The van der Waals surface area contributed by atoms with Gasteiger partial charge in [-0.05, 0) is 51.1 Å². The van der Waals surface area contributed by atoms with Gasteiger partial charge in [0.05, 0.1) is 0 Å². The molecular formula is C25H41N5O. The highest BCUT2D eigenvalue weighted by atomic mass is 16.2. The average molecular weight is 428 g/mol. The third-order valence-electron chi connectivity index (χ3n) is 6.79. The van der Waals surface area contributed by atoms with Crippen LogP contribution in [0, 0.1) is 11.8 Å². The lowest BCUT2D eigenvalue weighted by Crippen LogP contribution is -2.56. The molecule has 1 amide bonds. The number of piperidine rings is 1. The van der Waals surface area contributed by atoms with Crippen LogP contribution in [0.15, 0.2) is 35.3 Å². The molecular weight excluding hydrogens is 386 g/mol. The molecule has 2 fully saturated rings. The highest BCUT2D eigenvalue weighted by Gasteiger charge is 2.31. The second-order valence-electron chi connectivity index (χ2n) is 9.96. The Kier molecular flexibility index (Phi) is 8.35. The molecule has 2 saturated heterocycles. The Bertz CT molecular complexity index is 733. The molecule has 1 aromatic rings. The number of carbonyl (C=O) groups is 1. The topological polar surface area (TPSA) is 60.0 Å². The van der Waals surface area contributed by atoms with E-state index in [-0.39, 0.29) is 11.4 Å². The number of hydrogen-bond donors (Lipinski definition) is 2. The summed E-state index contributed by atoms with van der Waals surface area (Å²) in [6.45, 7) is 12.6. The van der Waals surface area contributed by atoms with Gasteiger partial charge < -0.3 is 15.5 Å². The van der Waals surface area contributed by atoms with Gasteiger partial charge in [0.1, 0.15) is 0 Å². The first-order valence-electron chi connectivity index (χ1n) is 11.9. The molecule has 2 atom stereocenters. The molecule has 0 saturated carbocycles. The first-order chi connectivity index (χ1) is 14.9. The Labute approximate surface area is 188 Å². The Balaban J connectivity index is 1.40. The van der Waals surface area contributed by atoms with Crippen molar-refractivity contribution in [3.63, 3.8) is 0 Å². The van der Waals surface area contributed by atoms with Gasteiger partial charge in [0.15, 0.2) is 5.96 Å². The van der Waals surface area contributed by atoms with Crippen molar-refractivity contribution in [1.29, 1.82) is 0 Å². The van der Waals surface area contributed by atoms with Gasteiger partial charge in [-0.1, -0.05) is 37.3 Å². The third kappa shape index (κ3) is 6.96. The Morgan fingerprint density at radius 3 is 2.68 bits per heavy atom. The molecule has 2 aliphatic heterocycles. The van der Waals surface area contributed by atoms with E-state index in [0.29, 0.717) is 12.3 Å². The number of carbonyl (C=O) groups excluding carboxylic acids is 1. The number of nitrogens with zero attached hydrogens (tertiary/aromatic N) is 3. The zero-order valence-electron chi connectivity index (χ0n) is 19.9. The summed E-state index contributed by atoms with van der Waals surface area (Å²) in [4.78, 5) is 21.4. The number of amides is 1. The maximum Gasteiger partial charge on any atom is 0.223 e. The van der Waals surface area contributed by atoms with Crippen LogP contribution in [0.25, 0.3) is 0 Å². The van der Waals surface area contributed by atoms with E-state index in [4.69, 9.17) is 0 Å². The smallest absolute Gasteiger partial charge is 0.223 e. The van der Waals surface area contributed by atoms with Gasteiger partial charge in [0.2, 0.25) is 5.91 Å². The standard InChI is InChI=1S/C25H41N5O/c1-20-9-8-13-30(17-20)25(2,3)19-28-24(26-4)27-16-22-15-23(31)29(18-22)14-12-21-10-6-5-7-11-21/h5-7,10-11,20,22H,8-9,12-19H2,1-4H3,(H2,26,27,28). The summed E-state index contributed by atoms with van der Waals surface area (Å²) in [5.41, 5.74) is 1.37. The number of aliphatic imine (C=N–C) groups is 1. The fraction of sp³-hybridized carbons (Fsp3) is 0.680. The molecule has 0 radical (unpaired) electrons. The van der Waals surface area contributed by atoms with Crippen molar-refractivity contribution in [1.82, 2.24) is 20.4 Å². The van der Waals surface area contributed by atoms with Crippen molar-refractivity contribution < 1.29 is 4.79 Å². The van der Waals surface area contributed by atoms with Crippen LogP contribution in [-0.4, -0.2) is 73.5 Å². The molecule has 3 rings (SSSR count). The van der Waals surface area contributed by atoms with E-state index in [1.54, 1.807) is 0 Å². The zero-order chi connectivity index (χ0) is 22.3. The van der Waals surface area contributed by atoms with Crippen molar-refractivity contribution in [2.24, 2.45) is 16.8 Å². The van der Waals surface area contributed by atoms with Crippen LogP contribution in [0.5, 0.6) is 0 Å². The van der Waals surface area contributed by atoms with Crippen LogP contribution in [0.1, 0.15) is 45.6 Å². The van der Waals surface area contributed by atoms with Crippen LogP contribution in [0.3, 0.4) is 0 Å². The average Bonchev–Trinajstić information content (AvgIpc) is 3.12. The molecule has 0 aliphatic carbocycles. The van der Waals surface area contributed by atoms with Crippen molar-refractivity contribution in [3.8, 4) is 0 Å². The minimum absolute atomic E-state index is 0.0872. The van der Waals surface area contributed by atoms with Crippen molar-refractivity contribution in [3.05, 3.63) is 35.9 Å². The predicted molar refractivity (Wildman–Crippen MR) is 128 cm³/mol. The molecule has 6 heteroatoms. The summed E-state index contributed by atoms with van der Waals surface area (Å²) in [7, 11) is 1.82. The molecule has 2 N–H and O–H groups in total. The Morgan fingerprint density at radius 2 is 1.97 bits per heavy atom. The second-order valence-corrected chi connectivity index (χ2v) is 9.96. The van der Waals surface area contributed by atoms with Gasteiger partial charge in [-0.3, -0.25) is 14.7 Å². The highest BCUT2D eigenvalue weighted by molar-refractivity contribution is 5.81. The number of rotatable bonds is 8. The highest BCUT2D eigenvalue weighted by Crippen LogP contribution is 2.23. The molecule has 0 bridgehead atoms. The van der Waals surface area contributed by atoms with E-state index in [9.17, 15) is 4.79 Å². The summed E-state index contributed by atoms with van der Waals surface area (Å²) < 4.78 is 0. The normalized spacial score (nSPS) is 23.3. The van der Waals surface area contributed by atoms with Crippen LogP contribution in [0.4, 0.5) is 0 Å². The largest absolute Gasteiger partial charge is 0.356 e. The molecule has 172 valence electrons. The van der Waals surface area contributed by atoms with Crippen molar-refractivity contribution in [2.45, 2.75) is 52.0 Å². The maximum absolute atomic E-state index is 12.4. The van der Waals surface area contributed by atoms with E-state index in [2.05, 4.69) is 65.6 Å². The van der Waals surface area contributed by atoms with Gasteiger partial charge in [-0.2, -0.15) is 0 Å². The van der Waals surface area contributed by atoms with Crippen molar-refractivity contribution >= 4 is 11.9 Å². The Hall–Kier alpha value is -2.08. The zero-order valence-corrected chi connectivity index (χ0v) is 19.9. The number of hydrogen-bond acceptors (Lipinski definition) is 3. The lowest BCUT2D eigenvalue weighted by Gasteiger charge is -2.43. The summed E-state index contributed by atoms with van der Waals surface area (Å²) in [6.07, 6.45) is 4.16. The lowest BCUT2D eigenvalue weighted by atomic mass is 9.93. The molecule has 0 aromatic heterocycles. The third-order valence-corrected chi connectivity index (χ3v) is 6.79. The number of benzene rings is 1. The van der Waals surface area contributed by atoms with E-state index in [1.165, 1.54) is 31.5 Å². The molecule has 6 nitrogen and oxygen atoms in total. The lowest BCUT2D eigenvalue weighted by molar-refractivity contribution is -0.127. The summed E-state index contributed by atoms with van der Waals surface area (Å²) in [5, 5.41) is 6.97. The number of likely N-dealkylation sites (tertiary alicyclic amines) is 2. The minimum Gasteiger partial charge on any atom is -0.356 e. The summed E-state index contributed by atoms with van der Waals surface area (Å²) in [6, 6.07) is 10.4. The molecule has 0 spiro atoms. The molecule has 2 heterocycles. The SMILES string of the molecule is CN=C(NCC1CC(=O)N(CCc2ccccc2)C1)NCC(C)(C)N1CCCC(C)C1. The molecule has 31 heavy (non-hydrogen) atoms. The molecule has 2 unspecified atom stereocenters. The molecule has 2 aliphatic rings. The van der Waals surface area contributed by atoms with Gasteiger partial charge in [0.25, 0.3) is 0 Å². The first kappa shape index (κ1) is 23.6. The van der Waals surface area contributed by atoms with Crippen LogP contribution in [-0.2, 0) is 11.2 Å². The summed E-state index contributed by atoms with van der Waals surface area (Å²) in [5.74, 6) is 2.20. The van der Waals surface area contributed by atoms with Gasteiger partial charge in [0, 0.05) is 57.6 Å². The van der Waals surface area contributed by atoms with Crippen LogP contribution in [0.2, 0.25) is 0 Å². The van der Waals surface area contributed by atoms with Gasteiger partial charge in [-0.25, -0.2) is 0 Å². The van der Waals surface area contributed by atoms with Gasteiger partial charge in [-0.15, -0.1) is 0 Å². The van der Waals surface area contributed by atoms with Gasteiger partial charge >= 0.3 is 0 Å². The predicted octanol–water partition coefficient (Wildman–Crippen LogP) is 2.75.